The normalized spacial score (nSPS) is 11.1. The predicted octanol–water partition coefficient (Wildman–Crippen LogP) is 4.01. The topological polar surface area (TPSA) is 109 Å². The molecule has 0 aliphatic heterocycles. The van der Waals surface area contributed by atoms with Gasteiger partial charge in [0.1, 0.15) is 17.1 Å². The third kappa shape index (κ3) is 5.55. The molecule has 0 saturated heterocycles. The molecular weight excluding hydrogens is 430 g/mol. The van der Waals surface area contributed by atoms with E-state index >= 15 is 0 Å². The second-order valence-corrected chi connectivity index (χ2v) is 8.59. The number of hydrogen-bond acceptors (Lipinski definition) is 6. The maximum absolute atomic E-state index is 12.7. The Morgan fingerprint density at radius 2 is 1.78 bits per heavy atom. The number of carbonyl (C=O) groups is 1. The van der Waals surface area contributed by atoms with Crippen molar-refractivity contribution in [3.63, 3.8) is 0 Å². The minimum absolute atomic E-state index is 0.0289. The highest BCUT2D eigenvalue weighted by Gasteiger charge is 2.21. The van der Waals surface area contributed by atoms with Crippen LogP contribution in [0.2, 0.25) is 0 Å². The van der Waals surface area contributed by atoms with E-state index in [4.69, 9.17) is 4.74 Å². The molecule has 8 nitrogen and oxygen atoms in total. The van der Waals surface area contributed by atoms with Gasteiger partial charge in [0.2, 0.25) is 0 Å². The van der Waals surface area contributed by atoms with Crippen molar-refractivity contribution in [1.29, 1.82) is 0 Å². The molecule has 3 rings (SSSR count). The molecule has 0 spiro atoms. The van der Waals surface area contributed by atoms with Gasteiger partial charge in [-0.3, -0.25) is 4.72 Å². The van der Waals surface area contributed by atoms with Crippen LogP contribution in [0.4, 0.5) is 11.5 Å². The standard InChI is InChI=1S/C23H25N3O5S/c1-3-26(16-17-8-6-5-7-9-17)22-21(23(27)28)14-18(15-24-22)25-32(29,30)20-12-10-19(11-13-20)31-4-2/h5-15,25H,3-4,16H2,1-2H3,(H,27,28). The van der Waals surface area contributed by atoms with Crippen LogP contribution in [0.5, 0.6) is 5.75 Å². The van der Waals surface area contributed by atoms with E-state index in [2.05, 4.69) is 9.71 Å². The van der Waals surface area contributed by atoms with Gasteiger partial charge in [-0.05, 0) is 49.7 Å². The zero-order chi connectivity index (χ0) is 23.1. The first-order valence-electron chi connectivity index (χ1n) is 10.1. The first-order chi connectivity index (χ1) is 15.3. The molecule has 168 valence electrons. The van der Waals surface area contributed by atoms with Crippen molar-refractivity contribution in [3.8, 4) is 5.75 Å². The van der Waals surface area contributed by atoms with E-state index in [0.29, 0.717) is 25.4 Å². The molecule has 0 aliphatic rings. The lowest BCUT2D eigenvalue weighted by atomic mass is 10.2. The Bertz CT molecular complexity index is 1170. The Labute approximate surface area is 187 Å². The fraction of sp³-hybridized carbons (Fsp3) is 0.217. The number of aromatic carboxylic acids is 1. The number of sulfonamides is 1. The molecule has 0 saturated carbocycles. The van der Waals surface area contributed by atoms with Crippen molar-refractivity contribution < 1.29 is 23.1 Å². The van der Waals surface area contributed by atoms with Gasteiger partial charge in [-0.15, -0.1) is 0 Å². The van der Waals surface area contributed by atoms with E-state index in [1.807, 2.05) is 49.1 Å². The highest BCUT2D eigenvalue weighted by atomic mass is 32.2. The molecule has 0 amide bonds. The Morgan fingerprint density at radius 3 is 2.38 bits per heavy atom. The fourth-order valence-electron chi connectivity index (χ4n) is 3.16. The van der Waals surface area contributed by atoms with E-state index in [1.165, 1.54) is 24.4 Å². The molecule has 3 aromatic rings. The maximum atomic E-state index is 12.7. The first-order valence-corrected chi connectivity index (χ1v) is 11.6. The quantitative estimate of drug-likeness (QED) is 0.475. The van der Waals surface area contributed by atoms with Gasteiger partial charge < -0.3 is 14.7 Å². The largest absolute Gasteiger partial charge is 0.494 e. The van der Waals surface area contributed by atoms with Crippen LogP contribution in [-0.2, 0) is 16.6 Å². The van der Waals surface area contributed by atoms with E-state index in [9.17, 15) is 18.3 Å². The summed E-state index contributed by atoms with van der Waals surface area (Å²) in [6.07, 6.45) is 1.32. The molecule has 2 aromatic carbocycles. The number of ether oxygens (including phenoxy) is 1. The number of benzene rings is 2. The van der Waals surface area contributed by atoms with Gasteiger partial charge in [0.25, 0.3) is 10.0 Å². The average molecular weight is 456 g/mol. The SMILES string of the molecule is CCOc1ccc(S(=O)(=O)Nc2cnc(N(CC)Cc3ccccc3)c(C(=O)O)c2)cc1. The summed E-state index contributed by atoms with van der Waals surface area (Å²) in [7, 11) is -3.93. The van der Waals surface area contributed by atoms with Gasteiger partial charge >= 0.3 is 5.97 Å². The maximum Gasteiger partial charge on any atom is 0.339 e. The summed E-state index contributed by atoms with van der Waals surface area (Å²) in [6.45, 7) is 5.21. The number of carboxylic acids is 1. The summed E-state index contributed by atoms with van der Waals surface area (Å²) in [4.78, 5) is 18.1. The lowest BCUT2D eigenvalue weighted by molar-refractivity contribution is 0.0697. The number of pyridine rings is 1. The molecular formula is C23H25N3O5S. The average Bonchev–Trinajstić information content (AvgIpc) is 2.78. The lowest BCUT2D eigenvalue weighted by Gasteiger charge is -2.24. The molecule has 0 radical (unpaired) electrons. The number of nitrogens with zero attached hydrogens (tertiary/aromatic N) is 2. The third-order valence-electron chi connectivity index (χ3n) is 4.69. The van der Waals surface area contributed by atoms with Crippen LogP contribution in [0.15, 0.2) is 71.8 Å². The van der Waals surface area contributed by atoms with Crippen LogP contribution in [-0.4, -0.2) is 37.6 Å². The van der Waals surface area contributed by atoms with Gasteiger partial charge in [0.05, 0.1) is 23.4 Å². The van der Waals surface area contributed by atoms with Gasteiger partial charge in [0, 0.05) is 13.1 Å². The molecule has 0 bridgehead atoms. The first kappa shape index (κ1) is 23.1. The molecule has 9 heteroatoms. The zero-order valence-electron chi connectivity index (χ0n) is 17.9. The van der Waals surface area contributed by atoms with Crippen LogP contribution in [0.3, 0.4) is 0 Å². The highest BCUT2D eigenvalue weighted by Crippen LogP contribution is 2.25. The lowest BCUT2D eigenvalue weighted by Crippen LogP contribution is -2.25. The van der Waals surface area contributed by atoms with Crippen LogP contribution in [0.25, 0.3) is 0 Å². The van der Waals surface area contributed by atoms with Crippen LogP contribution >= 0.6 is 0 Å². The van der Waals surface area contributed by atoms with Crippen LogP contribution in [0.1, 0.15) is 29.8 Å². The summed E-state index contributed by atoms with van der Waals surface area (Å²) in [6, 6.07) is 16.9. The summed E-state index contributed by atoms with van der Waals surface area (Å²) in [5.41, 5.74) is 0.984. The molecule has 0 aliphatic carbocycles. The minimum atomic E-state index is -3.93. The number of carboxylic acid groups (broad SMARTS) is 1. The molecule has 0 atom stereocenters. The number of hydrogen-bond donors (Lipinski definition) is 2. The van der Waals surface area contributed by atoms with Crippen LogP contribution in [0, 0.1) is 0 Å². The van der Waals surface area contributed by atoms with E-state index in [0.717, 1.165) is 5.56 Å². The van der Waals surface area contributed by atoms with E-state index in [1.54, 1.807) is 12.1 Å². The molecule has 1 aromatic heterocycles. The molecule has 2 N–H and O–H groups in total. The summed E-state index contributed by atoms with van der Waals surface area (Å²) in [5.74, 6) is -0.363. The second kappa shape index (κ2) is 10.1. The number of nitrogens with one attached hydrogen (secondary N) is 1. The second-order valence-electron chi connectivity index (χ2n) is 6.91. The monoisotopic (exact) mass is 455 g/mol. The van der Waals surface area contributed by atoms with Crippen molar-refractivity contribution in [2.45, 2.75) is 25.3 Å². The zero-order valence-corrected chi connectivity index (χ0v) is 18.7. The number of aromatic nitrogens is 1. The molecule has 0 fully saturated rings. The van der Waals surface area contributed by atoms with E-state index in [-0.39, 0.29) is 22.0 Å². The third-order valence-corrected chi connectivity index (χ3v) is 6.09. The minimum Gasteiger partial charge on any atom is -0.494 e. The molecule has 0 unspecified atom stereocenters. The smallest absolute Gasteiger partial charge is 0.339 e. The molecule has 32 heavy (non-hydrogen) atoms. The highest BCUT2D eigenvalue weighted by molar-refractivity contribution is 7.92. The van der Waals surface area contributed by atoms with Crippen molar-refractivity contribution in [1.82, 2.24) is 4.98 Å². The van der Waals surface area contributed by atoms with Crippen LogP contribution < -0.4 is 14.4 Å². The summed E-state index contributed by atoms with van der Waals surface area (Å²) in [5, 5.41) is 9.74. The van der Waals surface area contributed by atoms with Crippen molar-refractivity contribution in [3.05, 3.63) is 78.0 Å². The Morgan fingerprint density at radius 1 is 1.09 bits per heavy atom. The Hall–Kier alpha value is -3.59. The molecule has 1 heterocycles. The van der Waals surface area contributed by atoms with Crippen molar-refractivity contribution in [2.75, 3.05) is 22.8 Å². The van der Waals surface area contributed by atoms with E-state index < -0.39 is 16.0 Å². The van der Waals surface area contributed by atoms with Crippen molar-refractivity contribution in [2.24, 2.45) is 0 Å². The Kier molecular flexibility index (Phi) is 7.32. The van der Waals surface area contributed by atoms with Gasteiger partial charge in [0.15, 0.2) is 0 Å². The fourth-order valence-corrected chi connectivity index (χ4v) is 4.19. The summed E-state index contributed by atoms with van der Waals surface area (Å²) >= 11 is 0. The number of rotatable bonds is 10. The van der Waals surface area contributed by atoms with Gasteiger partial charge in [-0.2, -0.15) is 0 Å². The van der Waals surface area contributed by atoms with Crippen molar-refractivity contribution >= 4 is 27.5 Å². The predicted molar refractivity (Wildman–Crippen MR) is 123 cm³/mol. The summed E-state index contributed by atoms with van der Waals surface area (Å²) < 4.78 is 33.2. The Balaban J connectivity index is 1.87. The van der Waals surface area contributed by atoms with Gasteiger partial charge in [-0.25, -0.2) is 18.2 Å². The van der Waals surface area contributed by atoms with Gasteiger partial charge in [-0.1, -0.05) is 30.3 Å². The number of anilines is 2.